The summed E-state index contributed by atoms with van der Waals surface area (Å²) in [5.41, 5.74) is 0.995. The molecule has 1 aromatic heterocycles. The van der Waals surface area contributed by atoms with E-state index in [0.717, 1.165) is 15.9 Å². The topological polar surface area (TPSA) is 92.5 Å². The second-order valence-electron chi connectivity index (χ2n) is 6.52. The zero-order chi connectivity index (χ0) is 19.1. The average Bonchev–Trinajstić information content (AvgIpc) is 3.00. The van der Waals surface area contributed by atoms with Crippen LogP contribution in [0, 0.1) is 18.7 Å². The minimum absolute atomic E-state index is 0.146. The van der Waals surface area contributed by atoms with Crippen LogP contribution in [0.25, 0.3) is 5.69 Å². The third-order valence-corrected chi connectivity index (χ3v) is 6.71. The number of aliphatic carboxylic acids is 1. The van der Waals surface area contributed by atoms with Crippen LogP contribution in [-0.4, -0.2) is 46.2 Å². The van der Waals surface area contributed by atoms with Gasteiger partial charge in [0.1, 0.15) is 11.5 Å². The Morgan fingerprint density at radius 3 is 2.69 bits per heavy atom. The van der Waals surface area contributed by atoms with Crippen LogP contribution >= 0.6 is 0 Å². The molecular weight excluding hydrogens is 361 g/mol. The van der Waals surface area contributed by atoms with E-state index < -0.39 is 33.8 Å². The molecule has 9 heteroatoms. The second-order valence-corrected chi connectivity index (χ2v) is 8.41. The van der Waals surface area contributed by atoms with Crippen molar-refractivity contribution in [1.82, 2.24) is 14.1 Å². The summed E-state index contributed by atoms with van der Waals surface area (Å²) in [5.74, 6) is -2.50. The molecule has 0 radical (unpaired) electrons. The summed E-state index contributed by atoms with van der Waals surface area (Å²) in [5, 5.41) is 13.3. The number of rotatable bonds is 4. The number of piperidine rings is 1. The molecule has 2 atom stereocenters. The van der Waals surface area contributed by atoms with E-state index in [-0.39, 0.29) is 17.1 Å². The first-order valence-corrected chi connectivity index (χ1v) is 9.71. The Hall–Kier alpha value is -2.26. The number of carboxylic acid groups (broad SMARTS) is 1. The van der Waals surface area contributed by atoms with Gasteiger partial charge in [-0.2, -0.15) is 9.40 Å². The van der Waals surface area contributed by atoms with E-state index in [1.807, 2.05) is 6.92 Å². The summed E-state index contributed by atoms with van der Waals surface area (Å²) in [7, 11) is -3.99. The number of hydrogen-bond acceptors (Lipinski definition) is 4. The standard InChI is InChI=1S/C17H20FN3O4S/c1-11-9-19-20(10-11)16-6-5-13(8-15(16)18)26(24,25)21-7-3-4-14(12(21)2)17(22)23/h5-6,8-10,12,14H,3-4,7H2,1-2H3,(H,22,23)/t12-,14-/m1/s1. The van der Waals surface area contributed by atoms with E-state index in [2.05, 4.69) is 5.10 Å². The van der Waals surface area contributed by atoms with Gasteiger partial charge in [-0.3, -0.25) is 4.79 Å². The lowest BCUT2D eigenvalue weighted by atomic mass is 9.92. The summed E-state index contributed by atoms with van der Waals surface area (Å²) >= 11 is 0. The molecule has 0 unspecified atom stereocenters. The van der Waals surface area contributed by atoms with Gasteiger partial charge in [-0.25, -0.2) is 17.5 Å². The van der Waals surface area contributed by atoms with Crippen LogP contribution in [0.1, 0.15) is 25.3 Å². The number of carboxylic acids is 1. The molecule has 1 aliphatic rings. The van der Waals surface area contributed by atoms with Gasteiger partial charge in [-0.1, -0.05) is 0 Å². The van der Waals surface area contributed by atoms with Crippen molar-refractivity contribution in [2.45, 2.75) is 37.6 Å². The van der Waals surface area contributed by atoms with Crippen molar-refractivity contribution in [2.75, 3.05) is 6.54 Å². The fourth-order valence-electron chi connectivity index (χ4n) is 3.30. The third kappa shape index (κ3) is 3.24. The van der Waals surface area contributed by atoms with E-state index in [9.17, 15) is 22.7 Å². The van der Waals surface area contributed by atoms with Crippen LogP contribution in [0.5, 0.6) is 0 Å². The van der Waals surface area contributed by atoms with Crippen LogP contribution in [-0.2, 0) is 14.8 Å². The van der Waals surface area contributed by atoms with E-state index in [4.69, 9.17) is 0 Å². The normalized spacial score (nSPS) is 21.7. The van der Waals surface area contributed by atoms with Gasteiger partial charge in [0.05, 0.1) is 17.0 Å². The molecule has 2 aromatic rings. The second kappa shape index (κ2) is 6.81. The maximum atomic E-state index is 14.5. The minimum atomic E-state index is -3.99. The molecule has 1 aliphatic heterocycles. The lowest BCUT2D eigenvalue weighted by molar-refractivity contribution is -0.144. The first kappa shape index (κ1) is 18.5. The van der Waals surface area contributed by atoms with Gasteiger partial charge in [0.2, 0.25) is 10.0 Å². The fraction of sp³-hybridized carbons (Fsp3) is 0.412. The molecule has 3 rings (SSSR count). The fourth-order valence-corrected chi connectivity index (χ4v) is 5.01. The van der Waals surface area contributed by atoms with E-state index in [1.165, 1.54) is 16.8 Å². The van der Waals surface area contributed by atoms with Crippen LogP contribution in [0.4, 0.5) is 4.39 Å². The molecule has 0 aliphatic carbocycles. The van der Waals surface area contributed by atoms with Crippen molar-refractivity contribution < 1.29 is 22.7 Å². The molecule has 0 amide bonds. The molecule has 0 bridgehead atoms. The molecule has 2 heterocycles. The SMILES string of the molecule is Cc1cnn(-c2ccc(S(=O)(=O)N3CCC[C@@H](C(=O)O)[C@H]3C)cc2F)c1. The molecule has 1 N–H and O–H groups in total. The number of benzene rings is 1. The van der Waals surface area contributed by atoms with Crippen LogP contribution in [0.2, 0.25) is 0 Å². The lowest BCUT2D eigenvalue weighted by Gasteiger charge is -2.36. The molecule has 1 aromatic carbocycles. The van der Waals surface area contributed by atoms with E-state index in [1.54, 1.807) is 19.3 Å². The number of halogens is 1. The largest absolute Gasteiger partial charge is 0.481 e. The van der Waals surface area contributed by atoms with Crippen molar-refractivity contribution >= 4 is 16.0 Å². The Morgan fingerprint density at radius 1 is 1.38 bits per heavy atom. The molecule has 140 valence electrons. The van der Waals surface area contributed by atoms with Gasteiger partial charge in [0.15, 0.2) is 0 Å². The highest BCUT2D eigenvalue weighted by atomic mass is 32.2. The van der Waals surface area contributed by atoms with Gasteiger partial charge in [-0.15, -0.1) is 0 Å². The average molecular weight is 381 g/mol. The summed E-state index contributed by atoms with van der Waals surface area (Å²) in [6, 6.07) is 2.95. The molecule has 7 nitrogen and oxygen atoms in total. The zero-order valence-electron chi connectivity index (χ0n) is 14.5. The van der Waals surface area contributed by atoms with Crippen molar-refractivity contribution in [3.63, 3.8) is 0 Å². The first-order chi connectivity index (χ1) is 12.2. The molecule has 0 spiro atoms. The third-order valence-electron chi connectivity index (χ3n) is 4.73. The predicted octanol–water partition coefficient (Wildman–Crippen LogP) is 2.19. The van der Waals surface area contributed by atoms with E-state index >= 15 is 0 Å². The van der Waals surface area contributed by atoms with Gasteiger partial charge in [0, 0.05) is 18.8 Å². The quantitative estimate of drug-likeness (QED) is 0.876. The Bertz CT molecular complexity index is 941. The first-order valence-electron chi connectivity index (χ1n) is 8.27. The van der Waals surface area contributed by atoms with Crippen LogP contribution in [0.15, 0.2) is 35.5 Å². The van der Waals surface area contributed by atoms with Crippen molar-refractivity contribution in [2.24, 2.45) is 5.92 Å². The number of sulfonamides is 1. The smallest absolute Gasteiger partial charge is 0.308 e. The van der Waals surface area contributed by atoms with E-state index in [0.29, 0.717) is 12.8 Å². The molecule has 1 saturated heterocycles. The Kier molecular flexibility index (Phi) is 4.85. The lowest BCUT2D eigenvalue weighted by Crippen LogP contribution is -2.49. The minimum Gasteiger partial charge on any atom is -0.481 e. The number of hydrogen-bond donors (Lipinski definition) is 1. The Labute approximate surface area is 151 Å². The number of aryl methyl sites for hydroxylation is 1. The zero-order valence-corrected chi connectivity index (χ0v) is 15.3. The maximum absolute atomic E-state index is 14.5. The van der Waals surface area contributed by atoms with Gasteiger partial charge in [-0.05, 0) is 50.5 Å². The van der Waals surface area contributed by atoms with Gasteiger partial charge < -0.3 is 5.11 Å². The van der Waals surface area contributed by atoms with Crippen LogP contribution < -0.4 is 0 Å². The highest BCUT2D eigenvalue weighted by Crippen LogP contribution is 2.30. The summed E-state index contributed by atoms with van der Waals surface area (Å²) in [6.45, 7) is 3.61. The van der Waals surface area contributed by atoms with Crippen molar-refractivity contribution in [3.8, 4) is 5.69 Å². The summed E-state index contributed by atoms with van der Waals surface area (Å²) < 4.78 is 42.8. The maximum Gasteiger partial charge on any atom is 0.308 e. The summed E-state index contributed by atoms with van der Waals surface area (Å²) in [4.78, 5) is 11.1. The van der Waals surface area contributed by atoms with Crippen LogP contribution in [0.3, 0.4) is 0 Å². The van der Waals surface area contributed by atoms with Gasteiger partial charge >= 0.3 is 5.97 Å². The number of carbonyl (C=O) groups is 1. The summed E-state index contributed by atoms with van der Waals surface area (Å²) in [6.07, 6.45) is 4.09. The molecular formula is C17H20FN3O4S. The predicted molar refractivity (Wildman–Crippen MR) is 92.0 cm³/mol. The molecule has 26 heavy (non-hydrogen) atoms. The number of nitrogens with zero attached hydrogens (tertiary/aromatic N) is 3. The molecule has 1 fully saturated rings. The highest BCUT2D eigenvalue weighted by Gasteiger charge is 2.39. The number of aromatic nitrogens is 2. The Morgan fingerprint density at radius 2 is 2.12 bits per heavy atom. The van der Waals surface area contributed by atoms with Crippen molar-refractivity contribution in [1.29, 1.82) is 0 Å². The van der Waals surface area contributed by atoms with Gasteiger partial charge in [0.25, 0.3) is 0 Å². The monoisotopic (exact) mass is 381 g/mol. The molecule has 0 saturated carbocycles. The Balaban J connectivity index is 1.94. The highest BCUT2D eigenvalue weighted by molar-refractivity contribution is 7.89. The van der Waals surface area contributed by atoms with Crippen molar-refractivity contribution in [3.05, 3.63) is 42.0 Å².